The Balaban J connectivity index is 1.44. The van der Waals surface area contributed by atoms with Gasteiger partial charge in [0.05, 0.1) is 22.3 Å². The van der Waals surface area contributed by atoms with Gasteiger partial charge in [0.2, 0.25) is 17.7 Å². The molecule has 3 atom stereocenters. The Morgan fingerprint density at radius 1 is 1.06 bits per heavy atom. The Morgan fingerprint density at radius 2 is 1.62 bits per heavy atom. The van der Waals surface area contributed by atoms with Gasteiger partial charge in [0.25, 0.3) is 5.69 Å². The van der Waals surface area contributed by atoms with Gasteiger partial charge < -0.3 is 9.80 Å². The normalized spacial score (nSPS) is 23.8. The summed E-state index contributed by atoms with van der Waals surface area (Å²) in [5.41, 5.74) is -1.73. The van der Waals surface area contributed by atoms with E-state index in [0.717, 1.165) is 17.0 Å². The summed E-state index contributed by atoms with van der Waals surface area (Å²) in [5.74, 6) is -1.98. The number of nitro benzene ring substituents is 1. The lowest BCUT2D eigenvalue weighted by Crippen LogP contribution is -2.55. The average molecular weight is 480 g/mol. The zero-order chi connectivity index (χ0) is 24.8. The van der Waals surface area contributed by atoms with Crippen molar-refractivity contribution in [3.8, 4) is 0 Å². The van der Waals surface area contributed by atoms with Crippen LogP contribution in [0.2, 0.25) is 0 Å². The van der Waals surface area contributed by atoms with Crippen LogP contribution in [0.1, 0.15) is 25.3 Å². The number of amides is 3. The second-order valence-electron chi connectivity index (χ2n) is 8.65. The molecular formula is C22H23F3N4O5. The number of likely N-dealkylation sites (tertiary alicyclic amines) is 1. The maximum Gasteiger partial charge on any atom is 0.416 e. The first-order valence-electron chi connectivity index (χ1n) is 10.9. The Hall–Kier alpha value is -3.44. The van der Waals surface area contributed by atoms with Gasteiger partial charge in [0, 0.05) is 32.2 Å². The number of imide groups is 1. The van der Waals surface area contributed by atoms with Crippen LogP contribution < -0.4 is 4.90 Å². The SMILES string of the molecule is C[C@@H](C(=O)N1CCN(c2ccc(C(F)(F)F)cc2[N+](=O)[O-])CC1)N1C(=O)C2CC=CCC2C1=O. The number of nitro groups is 1. The Morgan fingerprint density at radius 3 is 2.12 bits per heavy atom. The molecule has 0 aromatic heterocycles. The number of fused-ring (bicyclic) bond motifs is 1. The van der Waals surface area contributed by atoms with Crippen molar-refractivity contribution < 1.29 is 32.5 Å². The predicted molar refractivity (Wildman–Crippen MR) is 114 cm³/mol. The van der Waals surface area contributed by atoms with Crippen LogP contribution in [0.3, 0.4) is 0 Å². The molecule has 2 heterocycles. The standard InChI is InChI=1S/C22H23F3N4O5/c1-13(28-20(31)15-4-2-3-5-16(15)21(28)32)19(30)27-10-8-26(9-11-27)17-7-6-14(22(23,24)25)12-18(17)29(33)34/h2-3,6-7,12-13,15-16H,4-5,8-11H2,1H3/t13-,15?,16?/m0/s1. The molecule has 2 fully saturated rings. The number of carbonyl (C=O) groups excluding carboxylic acids is 3. The molecular weight excluding hydrogens is 457 g/mol. The van der Waals surface area contributed by atoms with E-state index in [1.807, 2.05) is 12.2 Å². The maximum absolute atomic E-state index is 13.1. The van der Waals surface area contributed by atoms with Crippen molar-refractivity contribution in [1.82, 2.24) is 9.80 Å². The minimum atomic E-state index is -4.71. The summed E-state index contributed by atoms with van der Waals surface area (Å²) < 4.78 is 38.9. The second kappa shape index (κ2) is 8.73. The monoisotopic (exact) mass is 480 g/mol. The van der Waals surface area contributed by atoms with Crippen LogP contribution in [0, 0.1) is 22.0 Å². The molecule has 1 aliphatic carbocycles. The fourth-order valence-electron chi connectivity index (χ4n) is 4.86. The van der Waals surface area contributed by atoms with Crippen molar-refractivity contribution in [3.63, 3.8) is 0 Å². The molecule has 0 N–H and O–H groups in total. The lowest BCUT2D eigenvalue weighted by Gasteiger charge is -2.38. The molecule has 1 aromatic rings. The lowest BCUT2D eigenvalue weighted by atomic mass is 9.85. The average Bonchev–Trinajstić information content (AvgIpc) is 3.07. The fourth-order valence-corrected chi connectivity index (χ4v) is 4.86. The zero-order valence-electron chi connectivity index (χ0n) is 18.3. The Kier molecular flexibility index (Phi) is 6.09. The molecule has 3 aliphatic rings. The summed E-state index contributed by atoms with van der Waals surface area (Å²) in [6.07, 6.45) is -0.0407. The first kappa shape index (κ1) is 23.7. The van der Waals surface area contributed by atoms with E-state index < -0.39 is 46.1 Å². The minimum Gasteiger partial charge on any atom is -0.362 e. The Bertz CT molecular complexity index is 1040. The van der Waals surface area contributed by atoms with Crippen LogP contribution in [-0.4, -0.2) is 64.7 Å². The van der Waals surface area contributed by atoms with Crippen molar-refractivity contribution in [2.45, 2.75) is 32.0 Å². The highest BCUT2D eigenvalue weighted by Crippen LogP contribution is 2.38. The largest absolute Gasteiger partial charge is 0.416 e. The van der Waals surface area contributed by atoms with E-state index in [1.54, 1.807) is 4.90 Å². The van der Waals surface area contributed by atoms with E-state index in [4.69, 9.17) is 0 Å². The molecule has 12 heteroatoms. The van der Waals surface area contributed by atoms with Gasteiger partial charge in [-0.25, -0.2) is 0 Å². The number of halogens is 3. The molecule has 182 valence electrons. The van der Waals surface area contributed by atoms with Crippen molar-refractivity contribution in [1.29, 1.82) is 0 Å². The number of piperazine rings is 1. The quantitative estimate of drug-likeness (QED) is 0.284. The number of benzene rings is 1. The van der Waals surface area contributed by atoms with E-state index in [-0.39, 0.29) is 43.7 Å². The van der Waals surface area contributed by atoms with E-state index in [2.05, 4.69) is 0 Å². The number of anilines is 1. The van der Waals surface area contributed by atoms with Gasteiger partial charge in [-0.3, -0.25) is 29.4 Å². The van der Waals surface area contributed by atoms with Crippen molar-refractivity contribution in [2.24, 2.45) is 11.8 Å². The molecule has 0 spiro atoms. The van der Waals surface area contributed by atoms with E-state index in [9.17, 15) is 37.7 Å². The molecule has 0 saturated carbocycles. The van der Waals surface area contributed by atoms with E-state index in [0.29, 0.717) is 18.9 Å². The number of nitrogens with zero attached hydrogens (tertiary/aromatic N) is 4. The predicted octanol–water partition coefficient (Wildman–Crippen LogP) is 2.60. The van der Waals surface area contributed by atoms with Crippen molar-refractivity contribution in [2.75, 3.05) is 31.1 Å². The summed E-state index contributed by atoms with van der Waals surface area (Å²) in [6, 6.07) is 1.39. The van der Waals surface area contributed by atoms with Crippen LogP contribution in [-0.2, 0) is 20.6 Å². The first-order valence-corrected chi connectivity index (χ1v) is 10.9. The molecule has 2 aliphatic heterocycles. The number of hydrogen-bond donors (Lipinski definition) is 0. The minimum absolute atomic E-state index is 0.0413. The topological polar surface area (TPSA) is 104 Å². The molecule has 2 unspecified atom stereocenters. The van der Waals surface area contributed by atoms with Gasteiger partial charge >= 0.3 is 6.18 Å². The lowest BCUT2D eigenvalue weighted by molar-refractivity contribution is -0.384. The highest BCUT2D eigenvalue weighted by molar-refractivity contribution is 6.08. The van der Waals surface area contributed by atoms with Gasteiger partial charge in [-0.1, -0.05) is 12.2 Å². The highest BCUT2D eigenvalue weighted by Gasteiger charge is 2.50. The zero-order valence-corrected chi connectivity index (χ0v) is 18.3. The van der Waals surface area contributed by atoms with Crippen LogP contribution in [0.15, 0.2) is 30.4 Å². The molecule has 34 heavy (non-hydrogen) atoms. The van der Waals surface area contributed by atoms with Gasteiger partial charge in [-0.2, -0.15) is 13.2 Å². The van der Waals surface area contributed by atoms with Crippen molar-refractivity contribution >= 4 is 29.1 Å². The summed E-state index contributed by atoms with van der Waals surface area (Å²) in [5, 5.41) is 11.4. The van der Waals surface area contributed by atoms with Crippen LogP contribution in [0.25, 0.3) is 0 Å². The second-order valence-corrected chi connectivity index (χ2v) is 8.65. The highest BCUT2D eigenvalue weighted by atomic mass is 19.4. The number of allylic oxidation sites excluding steroid dienone is 2. The van der Waals surface area contributed by atoms with Gasteiger partial charge in [0.1, 0.15) is 11.7 Å². The molecule has 9 nitrogen and oxygen atoms in total. The number of alkyl halides is 3. The molecule has 0 bridgehead atoms. The third kappa shape index (κ3) is 4.12. The number of rotatable bonds is 4. The van der Waals surface area contributed by atoms with Gasteiger partial charge in [-0.05, 0) is 31.9 Å². The first-order chi connectivity index (χ1) is 16.0. The molecule has 2 saturated heterocycles. The Labute approximate surface area is 192 Å². The number of carbonyl (C=O) groups is 3. The molecule has 4 rings (SSSR count). The van der Waals surface area contributed by atoms with Crippen molar-refractivity contribution in [3.05, 3.63) is 46.0 Å². The third-order valence-corrected chi connectivity index (χ3v) is 6.72. The summed E-state index contributed by atoms with van der Waals surface area (Å²) in [4.78, 5) is 53.2. The maximum atomic E-state index is 13.1. The molecule has 1 aromatic carbocycles. The van der Waals surface area contributed by atoms with E-state index in [1.165, 1.54) is 11.8 Å². The molecule has 3 amide bonds. The van der Waals surface area contributed by atoms with Gasteiger partial charge in [-0.15, -0.1) is 0 Å². The summed E-state index contributed by atoms with van der Waals surface area (Å²) in [6.45, 7) is 2.11. The summed E-state index contributed by atoms with van der Waals surface area (Å²) >= 11 is 0. The third-order valence-electron chi connectivity index (χ3n) is 6.72. The van der Waals surface area contributed by atoms with Crippen LogP contribution >= 0.6 is 0 Å². The van der Waals surface area contributed by atoms with Gasteiger partial charge in [0.15, 0.2) is 0 Å². The van der Waals surface area contributed by atoms with E-state index >= 15 is 0 Å². The summed E-state index contributed by atoms with van der Waals surface area (Å²) in [7, 11) is 0. The fraction of sp³-hybridized carbons (Fsp3) is 0.500. The van der Waals surface area contributed by atoms with Crippen LogP contribution in [0.5, 0.6) is 0 Å². The number of hydrogen-bond acceptors (Lipinski definition) is 6. The molecule has 0 radical (unpaired) electrons. The van der Waals surface area contributed by atoms with Crippen LogP contribution in [0.4, 0.5) is 24.5 Å². The smallest absolute Gasteiger partial charge is 0.362 e.